The monoisotopic (exact) mass is 311 g/mol. The fraction of sp³-hybridized carbons (Fsp3) is 0.375. The zero-order chi connectivity index (χ0) is 16.0. The Labute approximate surface area is 131 Å². The van der Waals surface area contributed by atoms with Gasteiger partial charge in [0.1, 0.15) is 11.2 Å². The Bertz CT molecular complexity index is 992. The molecule has 0 aliphatic heterocycles. The van der Waals surface area contributed by atoms with Gasteiger partial charge in [-0.3, -0.25) is 9.59 Å². The van der Waals surface area contributed by atoms with Crippen LogP contribution < -0.4 is 11.1 Å². The van der Waals surface area contributed by atoms with Crippen LogP contribution in [-0.4, -0.2) is 24.7 Å². The van der Waals surface area contributed by atoms with Crippen molar-refractivity contribution in [1.29, 1.82) is 0 Å². The third-order valence-corrected chi connectivity index (χ3v) is 4.46. The van der Waals surface area contributed by atoms with Crippen molar-refractivity contribution in [3.05, 3.63) is 44.7 Å². The third-order valence-electron chi connectivity index (χ3n) is 4.46. The van der Waals surface area contributed by atoms with Crippen molar-refractivity contribution in [1.82, 2.24) is 24.7 Å². The van der Waals surface area contributed by atoms with Crippen LogP contribution in [0.5, 0.6) is 0 Å². The average molecular weight is 311 g/mol. The Morgan fingerprint density at radius 1 is 1.26 bits per heavy atom. The lowest BCUT2D eigenvalue weighted by molar-refractivity contribution is 0.476. The standard InChI is InChI=1S/C16H17N5O2/c1-9-13-15(21(20-9)11-4-2-3-5-11)18-14(19-16(13)23)10-6-7-17-12(22)8-10/h6-8,11H,2-5H2,1H3,(H,17,22)(H,18,19,23). The van der Waals surface area contributed by atoms with Crippen molar-refractivity contribution >= 4 is 11.0 Å². The highest BCUT2D eigenvalue weighted by Crippen LogP contribution is 2.31. The summed E-state index contributed by atoms with van der Waals surface area (Å²) in [6, 6.07) is 3.44. The molecule has 1 fully saturated rings. The second kappa shape index (κ2) is 5.19. The van der Waals surface area contributed by atoms with E-state index < -0.39 is 0 Å². The first kappa shape index (κ1) is 13.9. The lowest BCUT2D eigenvalue weighted by atomic mass is 10.2. The van der Waals surface area contributed by atoms with Crippen LogP contribution in [0.25, 0.3) is 22.4 Å². The Morgan fingerprint density at radius 2 is 2.04 bits per heavy atom. The summed E-state index contributed by atoms with van der Waals surface area (Å²) in [5.41, 5.74) is 1.44. The molecule has 0 atom stereocenters. The molecule has 0 aromatic carbocycles. The van der Waals surface area contributed by atoms with Crippen LogP contribution in [0.2, 0.25) is 0 Å². The van der Waals surface area contributed by atoms with Crippen LogP contribution in [0.15, 0.2) is 27.9 Å². The molecule has 4 rings (SSSR count). The maximum Gasteiger partial charge on any atom is 0.262 e. The Morgan fingerprint density at radius 3 is 2.78 bits per heavy atom. The topological polar surface area (TPSA) is 96.4 Å². The Kier molecular flexibility index (Phi) is 3.14. The molecule has 118 valence electrons. The van der Waals surface area contributed by atoms with E-state index in [2.05, 4.69) is 20.1 Å². The first-order valence-corrected chi connectivity index (χ1v) is 7.82. The molecule has 7 nitrogen and oxygen atoms in total. The minimum absolute atomic E-state index is 0.216. The zero-order valence-corrected chi connectivity index (χ0v) is 12.8. The molecule has 0 bridgehead atoms. The highest BCUT2D eigenvalue weighted by molar-refractivity contribution is 5.79. The van der Waals surface area contributed by atoms with Crippen molar-refractivity contribution in [2.75, 3.05) is 0 Å². The number of fused-ring (bicyclic) bond motifs is 1. The van der Waals surface area contributed by atoms with Gasteiger partial charge in [0.25, 0.3) is 5.56 Å². The molecule has 0 unspecified atom stereocenters. The molecule has 2 N–H and O–H groups in total. The largest absolute Gasteiger partial charge is 0.329 e. The fourth-order valence-electron chi connectivity index (χ4n) is 3.34. The summed E-state index contributed by atoms with van der Waals surface area (Å²) in [7, 11) is 0. The molecule has 0 spiro atoms. The van der Waals surface area contributed by atoms with Crippen LogP contribution in [-0.2, 0) is 0 Å². The summed E-state index contributed by atoms with van der Waals surface area (Å²) in [5, 5.41) is 5.08. The molecular formula is C16H17N5O2. The van der Waals surface area contributed by atoms with E-state index >= 15 is 0 Å². The summed E-state index contributed by atoms with van der Waals surface area (Å²) in [5.74, 6) is 0.396. The lowest BCUT2D eigenvalue weighted by Gasteiger charge is -2.10. The van der Waals surface area contributed by atoms with E-state index in [-0.39, 0.29) is 11.1 Å². The van der Waals surface area contributed by atoms with Crippen LogP contribution in [0.3, 0.4) is 0 Å². The maximum atomic E-state index is 12.5. The van der Waals surface area contributed by atoms with E-state index in [1.54, 1.807) is 12.3 Å². The highest BCUT2D eigenvalue weighted by atomic mass is 16.1. The zero-order valence-electron chi connectivity index (χ0n) is 12.8. The maximum absolute atomic E-state index is 12.5. The van der Waals surface area contributed by atoms with Gasteiger partial charge in [0, 0.05) is 17.8 Å². The van der Waals surface area contributed by atoms with E-state index in [4.69, 9.17) is 0 Å². The molecule has 23 heavy (non-hydrogen) atoms. The van der Waals surface area contributed by atoms with E-state index in [1.807, 2.05) is 11.6 Å². The van der Waals surface area contributed by atoms with Crippen molar-refractivity contribution in [2.24, 2.45) is 0 Å². The summed E-state index contributed by atoms with van der Waals surface area (Å²) in [6.07, 6.45) is 6.02. The van der Waals surface area contributed by atoms with Gasteiger partial charge in [-0.05, 0) is 25.8 Å². The number of rotatable bonds is 2. The van der Waals surface area contributed by atoms with E-state index in [9.17, 15) is 9.59 Å². The molecule has 3 heterocycles. The first-order chi connectivity index (χ1) is 11.1. The smallest absolute Gasteiger partial charge is 0.262 e. The molecule has 0 saturated heterocycles. The molecule has 1 aliphatic rings. The number of pyridine rings is 1. The van der Waals surface area contributed by atoms with Crippen molar-refractivity contribution < 1.29 is 0 Å². The third kappa shape index (κ3) is 2.28. The van der Waals surface area contributed by atoms with Crippen molar-refractivity contribution in [3.8, 4) is 11.4 Å². The SMILES string of the molecule is Cc1nn(C2CCCC2)c2nc(-c3cc[nH]c(=O)c3)[nH]c(=O)c12. The van der Waals surface area contributed by atoms with E-state index in [0.29, 0.717) is 34.2 Å². The van der Waals surface area contributed by atoms with Gasteiger partial charge in [0.2, 0.25) is 5.56 Å². The normalized spacial score (nSPS) is 15.5. The van der Waals surface area contributed by atoms with Gasteiger partial charge < -0.3 is 9.97 Å². The fourth-order valence-corrected chi connectivity index (χ4v) is 3.34. The number of hydrogen-bond donors (Lipinski definition) is 2. The second-order valence-electron chi connectivity index (χ2n) is 6.02. The van der Waals surface area contributed by atoms with Crippen molar-refractivity contribution in [2.45, 2.75) is 38.6 Å². The number of hydrogen-bond acceptors (Lipinski definition) is 4. The predicted octanol–water partition coefficient (Wildman–Crippen LogP) is 1.90. The van der Waals surface area contributed by atoms with Crippen LogP contribution in [0.4, 0.5) is 0 Å². The number of nitrogens with zero attached hydrogens (tertiary/aromatic N) is 3. The summed E-state index contributed by atoms with van der Waals surface area (Å²) >= 11 is 0. The van der Waals surface area contributed by atoms with Crippen LogP contribution in [0.1, 0.15) is 37.4 Å². The molecular weight excluding hydrogens is 294 g/mol. The van der Waals surface area contributed by atoms with Gasteiger partial charge in [-0.1, -0.05) is 12.8 Å². The van der Waals surface area contributed by atoms with Gasteiger partial charge in [-0.25, -0.2) is 9.67 Å². The Balaban J connectivity index is 1.96. The number of aromatic nitrogens is 5. The van der Waals surface area contributed by atoms with Crippen LogP contribution >= 0.6 is 0 Å². The summed E-state index contributed by atoms with van der Waals surface area (Å²) < 4.78 is 1.89. The molecule has 1 aliphatic carbocycles. The van der Waals surface area contributed by atoms with Gasteiger partial charge in [0.05, 0.1) is 11.7 Å². The molecule has 3 aromatic heterocycles. The summed E-state index contributed by atoms with van der Waals surface area (Å²) in [6.45, 7) is 1.83. The highest BCUT2D eigenvalue weighted by Gasteiger charge is 2.23. The van der Waals surface area contributed by atoms with Crippen molar-refractivity contribution in [3.63, 3.8) is 0 Å². The molecule has 0 amide bonds. The molecule has 0 radical (unpaired) electrons. The summed E-state index contributed by atoms with van der Waals surface area (Å²) in [4.78, 5) is 33.9. The van der Waals surface area contributed by atoms with E-state index in [1.165, 1.54) is 18.9 Å². The van der Waals surface area contributed by atoms with Crippen LogP contribution in [0, 0.1) is 6.92 Å². The van der Waals surface area contributed by atoms with Gasteiger partial charge in [0.15, 0.2) is 5.65 Å². The molecule has 1 saturated carbocycles. The number of H-pyrrole nitrogens is 2. The quantitative estimate of drug-likeness (QED) is 0.755. The minimum Gasteiger partial charge on any atom is -0.329 e. The molecule has 7 heteroatoms. The first-order valence-electron chi connectivity index (χ1n) is 7.82. The van der Waals surface area contributed by atoms with Gasteiger partial charge >= 0.3 is 0 Å². The lowest BCUT2D eigenvalue weighted by Crippen LogP contribution is -2.13. The minimum atomic E-state index is -0.231. The van der Waals surface area contributed by atoms with Gasteiger partial charge in [-0.2, -0.15) is 5.10 Å². The van der Waals surface area contributed by atoms with Gasteiger partial charge in [-0.15, -0.1) is 0 Å². The molecule has 3 aromatic rings. The average Bonchev–Trinajstić information content (AvgIpc) is 3.15. The number of aryl methyl sites for hydroxylation is 1. The number of nitrogens with one attached hydrogen (secondary N) is 2. The second-order valence-corrected chi connectivity index (χ2v) is 6.02. The number of aromatic amines is 2. The Hall–Kier alpha value is -2.70. The van der Waals surface area contributed by atoms with E-state index in [0.717, 1.165) is 12.8 Å². The predicted molar refractivity (Wildman–Crippen MR) is 86.4 cm³/mol.